The van der Waals surface area contributed by atoms with Crippen molar-refractivity contribution >= 4 is 21.4 Å². The second-order valence-corrected chi connectivity index (χ2v) is 8.75. The van der Waals surface area contributed by atoms with Crippen LogP contribution in [0.25, 0.3) is 0 Å². The number of fused-ring (bicyclic) bond motifs is 1. The number of halogens is 1. The molecule has 0 fully saturated rings. The SMILES string of the molecule is CC1(c2ccccc2)N=C(c2ccc(F)cc2)c2ccc(NS(C)(=O)=O)cc2O1. The zero-order valence-corrected chi connectivity index (χ0v) is 16.7. The summed E-state index contributed by atoms with van der Waals surface area (Å²) in [6, 6.07) is 20.6. The Kier molecular flexibility index (Phi) is 4.62. The number of nitrogens with zero attached hydrogens (tertiary/aromatic N) is 1. The molecule has 1 heterocycles. The highest BCUT2D eigenvalue weighted by Gasteiger charge is 2.35. The van der Waals surface area contributed by atoms with Crippen molar-refractivity contribution in [3.8, 4) is 5.75 Å². The van der Waals surface area contributed by atoms with Crippen LogP contribution in [0.15, 0.2) is 77.8 Å². The van der Waals surface area contributed by atoms with Gasteiger partial charge in [-0.15, -0.1) is 0 Å². The molecule has 29 heavy (non-hydrogen) atoms. The fraction of sp³-hybridized carbons (Fsp3) is 0.136. The van der Waals surface area contributed by atoms with E-state index in [1.54, 1.807) is 30.3 Å². The number of aliphatic imine (C=N–C) groups is 1. The molecule has 3 aromatic rings. The summed E-state index contributed by atoms with van der Waals surface area (Å²) in [5, 5.41) is 0. The Hall–Kier alpha value is -3.19. The van der Waals surface area contributed by atoms with E-state index in [0.717, 1.165) is 17.4 Å². The highest BCUT2D eigenvalue weighted by Crippen LogP contribution is 2.39. The largest absolute Gasteiger partial charge is 0.461 e. The van der Waals surface area contributed by atoms with E-state index in [0.29, 0.717) is 22.7 Å². The van der Waals surface area contributed by atoms with Crippen LogP contribution in [-0.2, 0) is 15.7 Å². The lowest BCUT2D eigenvalue weighted by Crippen LogP contribution is -2.33. The molecule has 0 saturated carbocycles. The topological polar surface area (TPSA) is 67.8 Å². The van der Waals surface area contributed by atoms with Gasteiger partial charge in [-0.25, -0.2) is 17.8 Å². The molecule has 0 aromatic heterocycles. The molecule has 3 aromatic carbocycles. The van der Waals surface area contributed by atoms with Crippen molar-refractivity contribution in [3.63, 3.8) is 0 Å². The first-order valence-electron chi connectivity index (χ1n) is 8.96. The summed E-state index contributed by atoms with van der Waals surface area (Å²) >= 11 is 0. The van der Waals surface area contributed by atoms with Crippen molar-refractivity contribution in [1.82, 2.24) is 0 Å². The van der Waals surface area contributed by atoms with E-state index in [4.69, 9.17) is 9.73 Å². The zero-order valence-electron chi connectivity index (χ0n) is 15.9. The smallest absolute Gasteiger partial charge is 0.229 e. The first-order chi connectivity index (χ1) is 13.7. The molecule has 1 atom stereocenters. The monoisotopic (exact) mass is 410 g/mol. The summed E-state index contributed by atoms with van der Waals surface area (Å²) in [4.78, 5) is 4.86. The lowest BCUT2D eigenvalue weighted by atomic mass is 9.96. The first-order valence-corrected chi connectivity index (χ1v) is 10.9. The minimum absolute atomic E-state index is 0.333. The number of hydrogen-bond donors (Lipinski definition) is 1. The minimum Gasteiger partial charge on any atom is -0.461 e. The molecular weight excluding hydrogens is 391 g/mol. The van der Waals surface area contributed by atoms with E-state index in [1.807, 2.05) is 37.3 Å². The fourth-order valence-electron chi connectivity index (χ4n) is 3.29. The molecule has 0 spiro atoms. The van der Waals surface area contributed by atoms with Gasteiger partial charge in [0.1, 0.15) is 11.6 Å². The molecule has 1 aliphatic rings. The van der Waals surface area contributed by atoms with Crippen LogP contribution in [0.2, 0.25) is 0 Å². The van der Waals surface area contributed by atoms with Gasteiger partial charge in [0.2, 0.25) is 15.7 Å². The Morgan fingerprint density at radius 2 is 1.69 bits per heavy atom. The van der Waals surface area contributed by atoms with Crippen molar-refractivity contribution in [3.05, 3.63) is 95.3 Å². The molecule has 0 aliphatic carbocycles. The van der Waals surface area contributed by atoms with Crippen molar-refractivity contribution in [1.29, 1.82) is 0 Å². The van der Waals surface area contributed by atoms with E-state index in [9.17, 15) is 12.8 Å². The second-order valence-electron chi connectivity index (χ2n) is 7.00. The maximum absolute atomic E-state index is 13.4. The van der Waals surface area contributed by atoms with Crippen molar-refractivity contribution in [2.45, 2.75) is 12.6 Å². The summed E-state index contributed by atoms with van der Waals surface area (Å²) in [5.74, 6) is 0.152. The molecular formula is C22H19FN2O3S. The predicted octanol–water partition coefficient (Wildman–Crippen LogP) is 4.30. The Balaban J connectivity index is 1.88. The standard InChI is InChI=1S/C22H19FN2O3S/c1-22(16-6-4-3-5-7-16)24-21(15-8-10-17(23)11-9-15)19-13-12-18(14-20(19)28-22)25-29(2,26)27/h3-14,25H,1-2H3. The van der Waals surface area contributed by atoms with Gasteiger partial charge in [0, 0.05) is 29.7 Å². The zero-order chi connectivity index (χ0) is 20.6. The number of rotatable bonds is 4. The van der Waals surface area contributed by atoms with Gasteiger partial charge in [-0.2, -0.15) is 0 Å². The van der Waals surface area contributed by atoms with Crippen molar-refractivity contribution in [2.75, 3.05) is 11.0 Å². The second kappa shape index (κ2) is 7.00. The highest BCUT2D eigenvalue weighted by atomic mass is 32.2. The van der Waals surface area contributed by atoms with Crippen LogP contribution in [0.1, 0.15) is 23.6 Å². The average Bonchev–Trinajstić information content (AvgIpc) is 2.67. The molecule has 4 rings (SSSR count). The van der Waals surface area contributed by atoms with Crippen LogP contribution < -0.4 is 9.46 Å². The Bertz CT molecular complexity index is 1190. The molecule has 1 unspecified atom stereocenters. The lowest BCUT2D eigenvalue weighted by molar-refractivity contribution is 0.0931. The number of sulfonamides is 1. The highest BCUT2D eigenvalue weighted by molar-refractivity contribution is 7.92. The van der Waals surface area contributed by atoms with Crippen LogP contribution in [0, 0.1) is 5.82 Å². The predicted molar refractivity (Wildman–Crippen MR) is 111 cm³/mol. The maximum atomic E-state index is 13.4. The maximum Gasteiger partial charge on any atom is 0.229 e. The van der Waals surface area contributed by atoms with Crippen LogP contribution in [-0.4, -0.2) is 20.4 Å². The quantitative estimate of drug-likeness (QED) is 0.697. The van der Waals surface area contributed by atoms with Crippen molar-refractivity contribution < 1.29 is 17.5 Å². The van der Waals surface area contributed by atoms with E-state index in [1.165, 1.54) is 12.1 Å². The molecule has 0 amide bonds. The number of ether oxygens (including phenoxy) is 1. The van der Waals surface area contributed by atoms with Gasteiger partial charge in [0.05, 0.1) is 17.7 Å². The number of benzene rings is 3. The van der Waals surface area contributed by atoms with Gasteiger partial charge in [0.15, 0.2) is 0 Å². The van der Waals surface area contributed by atoms with Gasteiger partial charge < -0.3 is 4.74 Å². The molecule has 1 aliphatic heterocycles. The van der Waals surface area contributed by atoms with Gasteiger partial charge in [-0.3, -0.25) is 4.72 Å². The summed E-state index contributed by atoms with van der Waals surface area (Å²) < 4.78 is 45.4. The van der Waals surface area contributed by atoms with Gasteiger partial charge in [-0.05, 0) is 36.4 Å². The number of nitrogens with one attached hydrogen (secondary N) is 1. The molecule has 0 bridgehead atoms. The van der Waals surface area contributed by atoms with E-state index < -0.39 is 15.7 Å². The van der Waals surface area contributed by atoms with E-state index in [2.05, 4.69) is 4.72 Å². The van der Waals surface area contributed by atoms with Crippen LogP contribution in [0.3, 0.4) is 0 Å². The molecule has 0 saturated heterocycles. The van der Waals surface area contributed by atoms with Crippen LogP contribution in [0.4, 0.5) is 10.1 Å². The molecule has 1 N–H and O–H groups in total. The Morgan fingerprint density at radius 1 is 1.00 bits per heavy atom. The Morgan fingerprint density at radius 3 is 2.34 bits per heavy atom. The number of anilines is 1. The minimum atomic E-state index is -3.43. The van der Waals surface area contributed by atoms with Gasteiger partial charge >= 0.3 is 0 Å². The van der Waals surface area contributed by atoms with Crippen LogP contribution in [0.5, 0.6) is 5.75 Å². The fourth-order valence-corrected chi connectivity index (χ4v) is 3.84. The molecule has 7 heteroatoms. The normalized spacial score (nSPS) is 18.4. The number of hydrogen-bond acceptors (Lipinski definition) is 4. The Labute approximate surface area is 168 Å². The van der Waals surface area contributed by atoms with Gasteiger partial charge in [-0.1, -0.05) is 30.3 Å². The van der Waals surface area contributed by atoms with Crippen molar-refractivity contribution in [2.24, 2.45) is 4.99 Å². The summed E-state index contributed by atoms with van der Waals surface area (Å²) in [7, 11) is -3.43. The van der Waals surface area contributed by atoms with Gasteiger partial charge in [0.25, 0.3) is 0 Å². The third-order valence-corrected chi connectivity index (χ3v) is 5.21. The first kappa shape index (κ1) is 19.1. The van der Waals surface area contributed by atoms with E-state index in [-0.39, 0.29) is 5.82 Å². The molecule has 5 nitrogen and oxygen atoms in total. The summed E-state index contributed by atoms with van der Waals surface area (Å²) in [6.45, 7) is 1.84. The third kappa shape index (κ3) is 4.00. The molecule has 0 radical (unpaired) electrons. The third-order valence-electron chi connectivity index (χ3n) is 4.60. The average molecular weight is 410 g/mol. The summed E-state index contributed by atoms with van der Waals surface area (Å²) in [5.41, 5.74) is 2.28. The van der Waals surface area contributed by atoms with Crippen LogP contribution >= 0.6 is 0 Å². The molecule has 148 valence electrons. The summed E-state index contributed by atoms with van der Waals surface area (Å²) in [6.07, 6.45) is 1.09. The lowest BCUT2D eigenvalue weighted by Gasteiger charge is -2.34. The van der Waals surface area contributed by atoms with E-state index >= 15 is 0 Å².